The molecule has 2 heterocycles. The third-order valence-corrected chi connectivity index (χ3v) is 2.54. The van der Waals surface area contributed by atoms with E-state index in [1.54, 1.807) is 18.5 Å². The van der Waals surface area contributed by atoms with E-state index in [0.29, 0.717) is 0 Å². The topological polar surface area (TPSA) is 91.3 Å². The van der Waals surface area contributed by atoms with Gasteiger partial charge in [0.25, 0.3) is 0 Å². The number of carboxylic acid groups (broad SMARTS) is 1. The molecule has 1 amide bonds. The van der Waals surface area contributed by atoms with E-state index in [1.165, 1.54) is 0 Å². The minimum absolute atomic E-state index is 0.215. The van der Waals surface area contributed by atoms with Crippen molar-refractivity contribution in [2.45, 2.75) is 12.5 Å². The molecule has 1 aromatic heterocycles. The van der Waals surface area contributed by atoms with Gasteiger partial charge in [-0.1, -0.05) is 6.07 Å². The average molecular weight is 221 g/mol. The lowest BCUT2D eigenvalue weighted by Gasteiger charge is -2.27. The largest absolute Gasteiger partial charge is 0.481 e. The second kappa shape index (κ2) is 4.28. The van der Waals surface area contributed by atoms with Crippen molar-refractivity contribution < 1.29 is 14.7 Å². The molecule has 1 fully saturated rings. The van der Waals surface area contributed by atoms with Gasteiger partial charge in [-0.25, -0.2) is 5.43 Å². The predicted octanol–water partition coefficient (Wildman–Crippen LogP) is -0.152. The predicted molar refractivity (Wildman–Crippen MR) is 54.0 cm³/mol. The fraction of sp³-hybridized carbons (Fsp3) is 0.300. The molecule has 6 heteroatoms. The number of carbonyl (C=O) groups excluding carboxylic acids is 1. The molecular weight excluding hydrogens is 210 g/mol. The van der Waals surface area contributed by atoms with E-state index in [0.717, 1.165) is 5.56 Å². The molecule has 1 aliphatic rings. The van der Waals surface area contributed by atoms with Crippen LogP contribution in [0, 0.1) is 5.92 Å². The maximum absolute atomic E-state index is 11.2. The first kappa shape index (κ1) is 10.6. The van der Waals surface area contributed by atoms with Crippen molar-refractivity contribution >= 4 is 11.9 Å². The van der Waals surface area contributed by atoms with E-state index in [4.69, 9.17) is 5.11 Å². The van der Waals surface area contributed by atoms with Crippen LogP contribution in [0.3, 0.4) is 0 Å². The van der Waals surface area contributed by atoms with Crippen LogP contribution in [0.2, 0.25) is 0 Å². The zero-order valence-corrected chi connectivity index (χ0v) is 8.38. The van der Waals surface area contributed by atoms with Gasteiger partial charge in [0.05, 0.1) is 6.04 Å². The fourth-order valence-corrected chi connectivity index (χ4v) is 1.66. The Morgan fingerprint density at radius 1 is 1.56 bits per heavy atom. The molecule has 84 valence electrons. The number of rotatable bonds is 2. The number of nitrogens with one attached hydrogen (secondary N) is 2. The monoisotopic (exact) mass is 221 g/mol. The molecule has 16 heavy (non-hydrogen) atoms. The lowest BCUT2D eigenvalue weighted by Crippen LogP contribution is -2.51. The highest BCUT2D eigenvalue weighted by Gasteiger charge is 2.34. The Morgan fingerprint density at radius 2 is 2.38 bits per heavy atom. The Morgan fingerprint density at radius 3 is 3.00 bits per heavy atom. The van der Waals surface area contributed by atoms with Crippen molar-refractivity contribution in [3.05, 3.63) is 30.1 Å². The molecule has 2 atom stereocenters. The first-order valence-electron chi connectivity index (χ1n) is 4.86. The molecule has 0 bridgehead atoms. The number of aromatic nitrogens is 1. The number of hydrogen-bond acceptors (Lipinski definition) is 4. The number of amides is 1. The van der Waals surface area contributed by atoms with Crippen LogP contribution in [0.1, 0.15) is 18.0 Å². The zero-order valence-electron chi connectivity index (χ0n) is 8.38. The van der Waals surface area contributed by atoms with Crippen molar-refractivity contribution in [2.75, 3.05) is 0 Å². The SMILES string of the molecule is O=C(O)C1CC(c2cccnc2)NNC1=O. The van der Waals surface area contributed by atoms with E-state index in [9.17, 15) is 9.59 Å². The minimum Gasteiger partial charge on any atom is -0.481 e. The second-order valence-corrected chi connectivity index (χ2v) is 3.60. The van der Waals surface area contributed by atoms with Crippen LogP contribution in [0.4, 0.5) is 0 Å². The summed E-state index contributed by atoms with van der Waals surface area (Å²) in [5.41, 5.74) is 5.99. The minimum atomic E-state index is -1.10. The van der Waals surface area contributed by atoms with Crippen molar-refractivity contribution in [1.82, 2.24) is 15.8 Å². The summed E-state index contributed by atoms with van der Waals surface area (Å²) in [5.74, 6) is -2.62. The van der Waals surface area contributed by atoms with E-state index >= 15 is 0 Å². The Bertz CT molecular complexity index is 407. The standard InChI is InChI=1S/C10H11N3O3/c14-9-7(10(15)16)4-8(12-13-9)6-2-1-3-11-5-6/h1-3,5,7-8,12H,4H2,(H,13,14)(H,15,16). The summed E-state index contributed by atoms with van der Waals surface area (Å²) in [4.78, 5) is 26.0. The summed E-state index contributed by atoms with van der Waals surface area (Å²) in [6, 6.07) is 3.39. The molecule has 1 saturated heterocycles. The molecule has 1 aromatic rings. The van der Waals surface area contributed by atoms with Gasteiger partial charge in [-0.15, -0.1) is 0 Å². The van der Waals surface area contributed by atoms with Crippen molar-refractivity contribution in [3.8, 4) is 0 Å². The van der Waals surface area contributed by atoms with Gasteiger partial charge in [0.1, 0.15) is 5.92 Å². The summed E-state index contributed by atoms with van der Waals surface area (Å²) in [6.07, 6.45) is 3.51. The Hall–Kier alpha value is -1.95. The smallest absolute Gasteiger partial charge is 0.316 e. The molecule has 0 radical (unpaired) electrons. The first-order valence-corrected chi connectivity index (χ1v) is 4.86. The number of pyridine rings is 1. The van der Waals surface area contributed by atoms with Gasteiger partial charge in [0, 0.05) is 12.4 Å². The van der Waals surface area contributed by atoms with Crippen molar-refractivity contribution in [1.29, 1.82) is 0 Å². The molecule has 0 aliphatic carbocycles. The van der Waals surface area contributed by atoms with Gasteiger partial charge in [0.2, 0.25) is 5.91 Å². The Balaban J connectivity index is 2.15. The van der Waals surface area contributed by atoms with E-state index < -0.39 is 17.8 Å². The number of nitrogens with zero attached hydrogens (tertiary/aromatic N) is 1. The molecule has 1 aliphatic heterocycles. The normalized spacial score (nSPS) is 24.9. The van der Waals surface area contributed by atoms with E-state index in [2.05, 4.69) is 15.8 Å². The van der Waals surface area contributed by atoms with Crippen molar-refractivity contribution in [2.24, 2.45) is 5.92 Å². The van der Waals surface area contributed by atoms with E-state index in [-0.39, 0.29) is 12.5 Å². The van der Waals surface area contributed by atoms with Gasteiger partial charge in [-0.2, -0.15) is 0 Å². The molecule has 6 nitrogen and oxygen atoms in total. The Labute approximate surface area is 91.7 Å². The van der Waals surface area contributed by atoms with Crippen LogP contribution in [-0.4, -0.2) is 22.0 Å². The van der Waals surface area contributed by atoms with Crippen LogP contribution in [0.15, 0.2) is 24.5 Å². The molecule has 0 aromatic carbocycles. The summed E-state index contributed by atoms with van der Waals surface area (Å²) in [7, 11) is 0. The molecular formula is C10H11N3O3. The van der Waals surface area contributed by atoms with Crippen molar-refractivity contribution in [3.63, 3.8) is 0 Å². The van der Waals surface area contributed by atoms with Crippen LogP contribution in [0.25, 0.3) is 0 Å². The number of hydrogen-bond donors (Lipinski definition) is 3. The third kappa shape index (κ3) is 2.01. The summed E-state index contributed by atoms with van der Waals surface area (Å²) >= 11 is 0. The number of aliphatic carboxylic acids is 1. The highest BCUT2D eigenvalue weighted by atomic mass is 16.4. The maximum atomic E-state index is 11.2. The lowest BCUT2D eigenvalue weighted by atomic mass is 9.94. The molecule has 3 N–H and O–H groups in total. The molecule has 2 rings (SSSR count). The number of carboxylic acids is 1. The third-order valence-electron chi connectivity index (χ3n) is 2.54. The van der Waals surface area contributed by atoms with Gasteiger partial charge in [-0.3, -0.25) is 20.0 Å². The summed E-state index contributed by atoms with van der Waals surface area (Å²) in [5, 5.41) is 8.87. The summed E-state index contributed by atoms with van der Waals surface area (Å²) < 4.78 is 0. The quantitative estimate of drug-likeness (QED) is 0.604. The molecule has 0 spiro atoms. The molecule has 2 unspecified atom stereocenters. The van der Waals surface area contributed by atoms with Gasteiger partial charge in [-0.05, 0) is 18.1 Å². The van der Waals surface area contributed by atoms with Crippen LogP contribution >= 0.6 is 0 Å². The first-order chi connectivity index (χ1) is 7.68. The highest BCUT2D eigenvalue weighted by Crippen LogP contribution is 2.23. The zero-order chi connectivity index (χ0) is 11.5. The number of hydrazine groups is 1. The number of carbonyl (C=O) groups is 2. The van der Waals surface area contributed by atoms with Crippen LogP contribution < -0.4 is 10.9 Å². The Kier molecular flexibility index (Phi) is 2.82. The van der Waals surface area contributed by atoms with Crippen LogP contribution in [0.5, 0.6) is 0 Å². The maximum Gasteiger partial charge on any atom is 0.316 e. The van der Waals surface area contributed by atoms with Gasteiger partial charge in [0.15, 0.2) is 0 Å². The fourth-order valence-electron chi connectivity index (χ4n) is 1.66. The average Bonchev–Trinajstić information content (AvgIpc) is 2.30. The van der Waals surface area contributed by atoms with Gasteiger partial charge < -0.3 is 5.11 Å². The second-order valence-electron chi connectivity index (χ2n) is 3.60. The summed E-state index contributed by atoms with van der Waals surface area (Å²) in [6.45, 7) is 0. The molecule has 0 saturated carbocycles. The van der Waals surface area contributed by atoms with Gasteiger partial charge >= 0.3 is 5.97 Å². The van der Waals surface area contributed by atoms with Crippen LogP contribution in [-0.2, 0) is 9.59 Å². The highest BCUT2D eigenvalue weighted by molar-refractivity contribution is 5.97. The van der Waals surface area contributed by atoms with E-state index in [1.807, 2.05) is 6.07 Å². The lowest BCUT2D eigenvalue weighted by molar-refractivity contribution is -0.149.